The fourth-order valence-electron chi connectivity index (χ4n) is 16.1. The van der Waals surface area contributed by atoms with E-state index >= 15 is 28.8 Å². The molecule has 8 amide bonds. The summed E-state index contributed by atoms with van der Waals surface area (Å²) in [5.74, 6) is -18.0. The number of carboxylic acids is 1. The molecule has 2 saturated heterocycles. The number of nitrogens with one attached hydrogen (secondary N) is 9. The van der Waals surface area contributed by atoms with Crippen molar-refractivity contribution >= 4 is 76.4 Å². The van der Waals surface area contributed by atoms with E-state index in [0.717, 1.165) is 124 Å². The fourth-order valence-corrected chi connectivity index (χ4v) is 16.6. The van der Waals surface area contributed by atoms with E-state index in [-0.39, 0.29) is 47.8 Å². The molecule has 2 fully saturated rings. The summed E-state index contributed by atoms with van der Waals surface area (Å²) in [7, 11) is 4.96. The Hall–Kier alpha value is -11.9. The maximum absolute atomic E-state index is 16.8. The number of amides is 8. The highest BCUT2D eigenvalue weighted by Gasteiger charge is 2.52. The van der Waals surface area contributed by atoms with E-state index in [2.05, 4.69) is 54.8 Å². The first-order valence-corrected chi connectivity index (χ1v) is 42.9. The number of carbonyl (C=O) groups is 9. The van der Waals surface area contributed by atoms with Gasteiger partial charge in [0.2, 0.25) is 65.6 Å². The minimum absolute atomic E-state index is 0.0939. The number of ether oxygens (including phenoxy) is 7. The first-order chi connectivity index (χ1) is 61.7. The van der Waals surface area contributed by atoms with Gasteiger partial charge in [-0.2, -0.15) is 0 Å². The number of aliphatic carboxylic acids is 1. The van der Waals surface area contributed by atoms with Crippen molar-refractivity contribution in [1.82, 2.24) is 52.8 Å². The minimum Gasteiger partial charge on any atom is -0.508 e. The number of aliphatic hydroxyl groups excluding tert-OH is 7. The van der Waals surface area contributed by atoms with Crippen molar-refractivity contribution in [2.75, 3.05) is 40.8 Å². The molecule has 0 aromatic heterocycles. The molecule has 8 aliphatic heterocycles. The van der Waals surface area contributed by atoms with Crippen LogP contribution in [0, 0.1) is 0 Å². The molecule has 690 valence electrons. The van der Waals surface area contributed by atoms with Gasteiger partial charge in [-0.25, -0.2) is 4.79 Å². The van der Waals surface area contributed by atoms with Gasteiger partial charge in [0.25, 0.3) is 0 Å². The Bertz CT molecular complexity index is 5340. The van der Waals surface area contributed by atoms with Crippen molar-refractivity contribution in [2.45, 2.75) is 200 Å². The van der Waals surface area contributed by atoms with Gasteiger partial charge in [-0.15, -0.1) is 0 Å². The molecule has 8 aliphatic rings. The molecule has 129 heavy (non-hydrogen) atoms. The van der Waals surface area contributed by atoms with Crippen LogP contribution in [0.5, 0.6) is 69.0 Å². The van der Waals surface area contributed by atoms with Gasteiger partial charge < -0.3 is 147 Å². The SMILES string of the molecule is CCCCCCCCCCCCC(=O)N[C@H]1[C@H](Oc2c3cc4cc2Oc2ccc(cc2Cl)[C@@H](O)[C@@H]2NC(=O)[C@H](NC(=O)[C@@H]4NC(=O)[C@H]4NC(=O)[C@@H](Cc5ccc(cc5)O3)NC(=O)[C@@H](NC)c3ccc(O)c(c3)Oc3cc(O)c(Cl)c4c3)c3ccc(O)c(c3)-c3c(O[C@H]4O[C@H](CO)[C@@H](O)[C@H](O)[C@@H]4O)cc(O)cc3[C@@H](C(=O)NCCCN(C)C)NC2=O)O[C@H](C(=O)O)[C@@H](O)[C@@H]1O. The van der Waals surface area contributed by atoms with Crippen LogP contribution in [0.1, 0.15) is 159 Å². The van der Waals surface area contributed by atoms with Crippen molar-refractivity contribution in [3.05, 3.63) is 164 Å². The summed E-state index contributed by atoms with van der Waals surface area (Å²) in [5, 5.41) is 161. The third-order valence-electron chi connectivity index (χ3n) is 23.1. The van der Waals surface area contributed by atoms with Crippen molar-refractivity contribution in [1.29, 1.82) is 0 Å². The number of nitrogens with zero attached hydrogens (tertiary/aromatic N) is 1. The number of unbranched alkanes of at least 4 members (excludes halogenated alkanes) is 9. The molecular formula is C89H102Cl2N10O28. The quantitative estimate of drug-likeness (QED) is 0.0364. The molecule has 40 heteroatoms. The molecule has 7 aromatic rings. The monoisotopic (exact) mass is 1830 g/mol. The Labute approximate surface area is 748 Å². The van der Waals surface area contributed by atoms with Crippen LogP contribution < -0.4 is 71.5 Å². The molecule has 0 unspecified atom stereocenters. The minimum atomic E-state index is -2.45. The number of phenols is 4. The van der Waals surface area contributed by atoms with Gasteiger partial charge >= 0.3 is 5.97 Å². The first kappa shape index (κ1) is 94.7. The highest BCUT2D eigenvalue weighted by molar-refractivity contribution is 6.33. The van der Waals surface area contributed by atoms with Gasteiger partial charge in [-0.05, 0) is 147 Å². The molecule has 0 spiro atoms. The van der Waals surface area contributed by atoms with Gasteiger partial charge in [-0.3, -0.25) is 38.4 Å². The topological polar surface area (TPSA) is 573 Å². The van der Waals surface area contributed by atoms with Crippen LogP contribution in [0.25, 0.3) is 11.1 Å². The van der Waals surface area contributed by atoms with Crippen LogP contribution in [0.4, 0.5) is 0 Å². The van der Waals surface area contributed by atoms with Gasteiger partial charge in [-0.1, -0.05) is 118 Å². The van der Waals surface area contributed by atoms with Crippen LogP contribution >= 0.6 is 23.2 Å². The Morgan fingerprint density at radius 2 is 1.18 bits per heavy atom. The number of benzene rings is 7. The zero-order valence-electron chi connectivity index (χ0n) is 70.3. The van der Waals surface area contributed by atoms with E-state index in [4.69, 9.17) is 56.4 Å². The summed E-state index contributed by atoms with van der Waals surface area (Å²) >= 11 is 14.3. The number of hydrogen-bond donors (Lipinski definition) is 21. The van der Waals surface area contributed by atoms with Gasteiger partial charge in [0, 0.05) is 48.2 Å². The number of aromatic hydroxyl groups is 4. The van der Waals surface area contributed by atoms with E-state index in [1.54, 1.807) is 19.0 Å². The molecule has 8 heterocycles. The summed E-state index contributed by atoms with van der Waals surface area (Å²) in [6, 6.07) is 5.71. The first-order valence-electron chi connectivity index (χ1n) is 42.1. The number of aliphatic hydroxyl groups is 7. The second-order valence-corrected chi connectivity index (χ2v) is 33.4. The number of carboxylic acid groups (broad SMARTS) is 1. The molecule has 17 bridgehead atoms. The number of phenolic OH excluding ortho intramolecular Hbond substituents is 4. The standard InChI is InChI=1S/C89H102Cl2N10O28/c1-5-6-7-8-9-10-11-12-13-14-16-62(107)95-71-74(110)76(112)79(87(121)122)129-88(71)128-78-59-33-44-34-60(78)125-56-26-21-43(31-51(56)90)72(108)70-86(120)99-68(81(115)93-27-15-28-101(3)4)49-35-45(103)36-58(126-89-77(113)75(111)73(109)61(39-102)127-89)63(49)48-30-41(19-24-53(48)104)66(83(117)100-70)96-84(118)67(44)97-85(119)69-50-37-47(38-55(106)64(50)91)124-57-32-42(20-25-54(57)105)65(92-2)82(116)94-52(80(114)98-69)29-40-17-22-46(123-59)23-18-40/h17-26,30-38,52,61,65-77,79,88-89,92,102-106,108-113H,5-16,27-29,39H2,1-4H3,(H,93,115)(H,94,116)(H,95,107)(H,96,118)(H,97,119)(H,98,114)(H,99,120)(H,100,117)(H,121,122)/t52-,61-,65+,66-,67-,68+,69+,70+,71-,72-,73-,74-,75+,76+,77+,79+,88-,89+/m1/s1. The largest absolute Gasteiger partial charge is 0.508 e. The predicted molar refractivity (Wildman–Crippen MR) is 457 cm³/mol. The van der Waals surface area contributed by atoms with E-state index in [0.29, 0.717) is 24.9 Å². The number of likely N-dealkylation sites (N-methyl/N-ethyl adjacent to an activating group) is 1. The van der Waals surface area contributed by atoms with Gasteiger partial charge in [0.05, 0.1) is 16.7 Å². The smallest absolute Gasteiger partial charge is 0.335 e. The normalized spacial score (nSPS) is 25.7. The van der Waals surface area contributed by atoms with E-state index in [1.807, 2.05) is 0 Å². The lowest BCUT2D eigenvalue weighted by atomic mass is 9.89. The van der Waals surface area contributed by atoms with Crippen LogP contribution in [-0.2, 0) is 59.0 Å². The van der Waals surface area contributed by atoms with Crippen LogP contribution in [0.15, 0.2) is 115 Å². The van der Waals surface area contributed by atoms with Crippen molar-refractivity contribution in [2.24, 2.45) is 0 Å². The molecule has 21 N–H and O–H groups in total. The summed E-state index contributed by atoms with van der Waals surface area (Å²) in [4.78, 5) is 140. The molecule has 0 radical (unpaired) electrons. The van der Waals surface area contributed by atoms with E-state index < -0.39 is 271 Å². The van der Waals surface area contributed by atoms with E-state index in [9.17, 15) is 75.7 Å². The van der Waals surface area contributed by atoms with Crippen molar-refractivity contribution in [3.63, 3.8) is 0 Å². The maximum Gasteiger partial charge on any atom is 0.335 e. The Morgan fingerprint density at radius 1 is 0.543 bits per heavy atom. The predicted octanol–water partition coefficient (Wildman–Crippen LogP) is 4.70. The summed E-state index contributed by atoms with van der Waals surface area (Å²) in [5.41, 5.74) is -2.67. The highest BCUT2D eigenvalue weighted by Crippen LogP contribution is 2.51. The molecule has 7 aromatic carbocycles. The van der Waals surface area contributed by atoms with Crippen molar-refractivity contribution < 1.29 is 138 Å². The third-order valence-corrected chi connectivity index (χ3v) is 23.8. The maximum atomic E-state index is 16.8. The zero-order valence-corrected chi connectivity index (χ0v) is 71.8. The zero-order chi connectivity index (χ0) is 92.5. The molecule has 0 aliphatic carbocycles. The van der Waals surface area contributed by atoms with E-state index in [1.165, 1.54) is 49.5 Å². The van der Waals surface area contributed by atoms with Crippen LogP contribution in [0.3, 0.4) is 0 Å². The lowest BCUT2D eigenvalue weighted by Gasteiger charge is -2.41. The lowest BCUT2D eigenvalue weighted by molar-refractivity contribution is -0.277. The molecular weight excluding hydrogens is 1730 g/mol. The number of halogens is 2. The number of hydrogen-bond acceptors (Lipinski definition) is 29. The molecule has 38 nitrogen and oxygen atoms in total. The third kappa shape index (κ3) is 21.7. The Balaban J connectivity index is 1.03. The highest BCUT2D eigenvalue weighted by atomic mass is 35.5. The Kier molecular flexibility index (Phi) is 30.6. The number of carbonyl (C=O) groups excluding carboxylic acids is 8. The summed E-state index contributed by atoms with van der Waals surface area (Å²) < 4.78 is 44.5. The average Bonchev–Trinajstić information content (AvgIpc) is 0.754. The number of rotatable bonds is 24. The average molecular weight is 1830 g/mol. The van der Waals surface area contributed by atoms with Gasteiger partial charge in [0.15, 0.2) is 29.1 Å². The summed E-state index contributed by atoms with van der Waals surface area (Å²) in [6.07, 6.45) is -12.3. The van der Waals surface area contributed by atoms with Gasteiger partial charge in [0.1, 0.15) is 131 Å². The van der Waals surface area contributed by atoms with Crippen LogP contribution in [-0.4, -0.2) is 234 Å². The number of fused-ring (bicyclic) bond motifs is 14. The second-order valence-electron chi connectivity index (χ2n) is 32.6. The molecule has 18 atom stereocenters. The lowest BCUT2D eigenvalue weighted by Crippen LogP contribution is -2.66. The Morgan fingerprint density at radius 3 is 1.86 bits per heavy atom. The van der Waals surface area contributed by atoms with Crippen LogP contribution in [0.2, 0.25) is 10.0 Å². The molecule has 15 rings (SSSR count). The second kappa shape index (κ2) is 41.7. The fraction of sp³-hybridized carbons (Fsp3) is 0.427. The molecule has 0 saturated carbocycles. The van der Waals surface area contributed by atoms with Crippen molar-refractivity contribution in [3.8, 4) is 80.1 Å². The summed E-state index contributed by atoms with van der Waals surface area (Å²) in [6.45, 7) is 1.48.